The standard InChI is InChI=1S/C15H17N3O/c1-15(13-9-5-6-10-18(13)16-2)11-7-3-4-8-12(11)17-14(15)19/h3-4,7-8,13H,5-6,9-10H2,1H3,(H,17,19). The highest BCUT2D eigenvalue weighted by Crippen LogP contribution is 2.44. The van der Waals surface area contributed by atoms with Gasteiger partial charge in [-0.1, -0.05) is 18.2 Å². The summed E-state index contributed by atoms with van der Waals surface area (Å²) in [4.78, 5) is 16.1. The third-order valence-electron chi connectivity index (χ3n) is 4.48. The maximum Gasteiger partial charge on any atom is 0.237 e. The van der Waals surface area contributed by atoms with E-state index in [-0.39, 0.29) is 11.9 Å². The van der Waals surface area contributed by atoms with Crippen molar-refractivity contribution in [3.8, 4) is 0 Å². The fourth-order valence-corrected chi connectivity index (χ4v) is 3.37. The Kier molecular flexibility index (Phi) is 2.70. The van der Waals surface area contributed by atoms with E-state index in [1.165, 1.54) is 0 Å². The molecule has 3 rings (SSSR count). The Balaban J connectivity index is 2.07. The fourth-order valence-electron chi connectivity index (χ4n) is 3.37. The molecule has 19 heavy (non-hydrogen) atoms. The number of amides is 1. The van der Waals surface area contributed by atoms with E-state index >= 15 is 0 Å². The predicted molar refractivity (Wildman–Crippen MR) is 73.4 cm³/mol. The van der Waals surface area contributed by atoms with Crippen LogP contribution in [0.3, 0.4) is 0 Å². The van der Waals surface area contributed by atoms with Gasteiger partial charge in [0.05, 0.1) is 6.54 Å². The topological polar surface area (TPSA) is 36.7 Å². The van der Waals surface area contributed by atoms with Crippen molar-refractivity contribution < 1.29 is 4.79 Å². The summed E-state index contributed by atoms with van der Waals surface area (Å²) < 4.78 is 0. The number of hydrogen-bond donors (Lipinski definition) is 1. The van der Waals surface area contributed by atoms with Crippen molar-refractivity contribution in [1.82, 2.24) is 5.01 Å². The molecule has 0 spiro atoms. The van der Waals surface area contributed by atoms with E-state index in [1.807, 2.05) is 31.2 Å². The maximum atomic E-state index is 12.5. The molecular formula is C15H17N3O. The predicted octanol–water partition coefficient (Wildman–Crippen LogP) is 2.59. The smallest absolute Gasteiger partial charge is 0.237 e. The zero-order valence-corrected chi connectivity index (χ0v) is 11.0. The van der Waals surface area contributed by atoms with E-state index in [9.17, 15) is 4.79 Å². The van der Waals surface area contributed by atoms with Gasteiger partial charge >= 0.3 is 0 Å². The summed E-state index contributed by atoms with van der Waals surface area (Å²) in [5, 5.41) is 4.73. The number of carbonyl (C=O) groups is 1. The molecule has 2 aliphatic heterocycles. The molecule has 0 aromatic heterocycles. The van der Waals surface area contributed by atoms with E-state index in [1.54, 1.807) is 5.01 Å². The molecule has 1 fully saturated rings. The number of benzene rings is 1. The first kappa shape index (κ1) is 12.0. The van der Waals surface area contributed by atoms with Gasteiger partial charge in [-0.15, -0.1) is 5.01 Å². The van der Waals surface area contributed by atoms with E-state index < -0.39 is 5.41 Å². The lowest BCUT2D eigenvalue weighted by Crippen LogP contribution is -2.52. The molecule has 0 aliphatic carbocycles. The lowest BCUT2D eigenvalue weighted by Gasteiger charge is -2.37. The van der Waals surface area contributed by atoms with Crippen molar-refractivity contribution in [2.24, 2.45) is 0 Å². The Morgan fingerprint density at radius 1 is 1.42 bits per heavy atom. The van der Waals surface area contributed by atoms with Crippen LogP contribution in [0.25, 0.3) is 4.95 Å². The molecule has 0 bridgehead atoms. The number of rotatable bonds is 1. The summed E-state index contributed by atoms with van der Waals surface area (Å²) in [5.74, 6) is 0.0225. The van der Waals surface area contributed by atoms with Gasteiger partial charge in [0, 0.05) is 5.69 Å². The van der Waals surface area contributed by atoms with Crippen molar-refractivity contribution in [2.45, 2.75) is 37.6 Å². The van der Waals surface area contributed by atoms with Crippen molar-refractivity contribution in [1.29, 1.82) is 0 Å². The van der Waals surface area contributed by atoms with Crippen LogP contribution in [-0.4, -0.2) is 23.5 Å². The van der Waals surface area contributed by atoms with Crippen molar-refractivity contribution >= 4 is 11.6 Å². The zero-order valence-electron chi connectivity index (χ0n) is 11.0. The Hall–Kier alpha value is -2.02. The highest BCUT2D eigenvalue weighted by Gasteiger charge is 2.53. The highest BCUT2D eigenvalue weighted by atomic mass is 16.2. The summed E-state index contributed by atoms with van der Waals surface area (Å²) in [7, 11) is 0. The SMILES string of the molecule is [C-]#[N+]N1CCCCC1C1(C)C(=O)Nc2ccccc21. The molecule has 4 nitrogen and oxygen atoms in total. The molecule has 0 saturated carbocycles. The van der Waals surface area contributed by atoms with E-state index in [2.05, 4.69) is 10.3 Å². The summed E-state index contributed by atoms with van der Waals surface area (Å²) in [5.41, 5.74) is 1.31. The molecular weight excluding hydrogens is 238 g/mol. The van der Waals surface area contributed by atoms with Crippen LogP contribution in [0.15, 0.2) is 24.3 Å². The van der Waals surface area contributed by atoms with Crippen LogP contribution in [0.1, 0.15) is 31.7 Å². The average molecular weight is 255 g/mol. The van der Waals surface area contributed by atoms with Crippen molar-refractivity contribution in [2.75, 3.05) is 11.9 Å². The highest BCUT2D eigenvalue weighted by molar-refractivity contribution is 6.06. The monoisotopic (exact) mass is 255 g/mol. The first-order valence-electron chi connectivity index (χ1n) is 6.73. The maximum absolute atomic E-state index is 12.5. The summed E-state index contributed by atoms with van der Waals surface area (Å²) >= 11 is 0. The van der Waals surface area contributed by atoms with E-state index in [0.29, 0.717) is 0 Å². The molecule has 2 unspecified atom stereocenters. The number of fused-ring (bicyclic) bond motifs is 1. The molecule has 2 atom stereocenters. The second-order valence-corrected chi connectivity index (χ2v) is 5.48. The summed E-state index contributed by atoms with van der Waals surface area (Å²) in [6.45, 7) is 10.1. The third kappa shape index (κ3) is 1.61. The molecule has 0 radical (unpaired) electrons. The van der Waals surface area contributed by atoms with Gasteiger partial charge in [0.25, 0.3) is 0 Å². The van der Waals surface area contributed by atoms with Crippen LogP contribution in [0, 0.1) is 6.57 Å². The van der Waals surface area contributed by atoms with Gasteiger partial charge in [0.15, 0.2) is 0 Å². The number of nitrogens with one attached hydrogen (secondary N) is 1. The number of anilines is 1. The molecule has 98 valence electrons. The summed E-state index contributed by atoms with van der Waals surface area (Å²) in [6.07, 6.45) is 3.03. The van der Waals surface area contributed by atoms with Gasteiger partial charge in [-0.2, -0.15) is 11.5 Å². The molecule has 1 amide bonds. The molecule has 1 saturated heterocycles. The minimum Gasteiger partial charge on any atom is -0.325 e. The van der Waals surface area contributed by atoms with Crippen LogP contribution < -0.4 is 5.32 Å². The van der Waals surface area contributed by atoms with E-state index in [0.717, 1.165) is 37.1 Å². The van der Waals surface area contributed by atoms with Crippen LogP contribution in [0.2, 0.25) is 0 Å². The molecule has 1 N–H and O–H groups in total. The Morgan fingerprint density at radius 2 is 2.21 bits per heavy atom. The van der Waals surface area contributed by atoms with Gasteiger partial charge in [0.2, 0.25) is 5.91 Å². The second-order valence-electron chi connectivity index (χ2n) is 5.48. The fraction of sp³-hybridized carbons (Fsp3) is 0.467. The number of para-hydroxylation sites is 1. The first-order chi connectivity index (χ1) is 9.17. The van der Waals surface area contributed by atoms with Gasteiger partial charge in [0.1, 0.15) is 11.5 Å². The minimum atomic E-state index is -0.610. The largest absolute Gasteiger partial charge is 0.325 e. The first-order valence-corrected chi connectivity index (χ1v) is 6.73. The Bertz CT molecular complexity index is 563. The molecule has 1 aromatic carbocycles. The van der Waals surface area contributed by atoms with Gasteiger partial charge < -0.3 is 5.32 Å². The van der Waals surface area contributed by atoms with Gasteiger partial charge in [-0.25, -0.2) is 0 Å². The normalized spacial score (nSPS) is 29.6. The number of nitrogens with zero attached hydrogens (tertiary/aromatic N) is 2. The number of carbonyl (C=O) groups excluding carboxylic acids is 1. The second kappa shape index (κ2) is 4.27. The molecule has 2 aliphatic rings. The summed E-state index contributed by atoms with van der Waals surface area (Å²) in [6, 6.07) is 7.80. The number of piperidine rings is 1. The van der Waals surface area contributed by atoms with Crippen molar-refractivity contribution in [3.63, 3.8) is 0 Å². The lowest BCUT2D eigenvalue weighted by molar-refractivity contribution is -0.122. The van der Waals surface area contributed by atoms with E-state index in [4.69, 9.17) is 6.57 Å². The van der Waals surface area contributed by atoms with Crippen molar-refractivity contribution in [3.05, 3.63) is 41.4 Å². The molecule has 4 heteroatoms. The van der Waals surface area contributed by atoms with Crippen LogP contribution in [-0.2, 0) is 10.2 Å². The average Bonchev–Trinajstić information content (AvgIpc) is 2.72. The molecule has 1 aromatic rings. The Morgan fingerprint density at radius 3 is 3.00 bits per heavy atom. The van der Waals surface area contributed by atoms with Crippen LogP contribution in [0.5, 0.6) is 0 Å². The quantitative estimate of drug-likeness (QED) is 0.783. The third-order valence-corrected chi connectivity index (χ3v) is 4.48. The minimum absolute atomic E-state index is 0.0225. The van der Waals surface area contributed by atoms with Crippen LogP contribution in [0.4, 0.5) is 5.69 Å². The zero-order chi connectivity index (χ0) is 13.5. The molecule has 2 heterocycles. The Labute approximate surface area is 113 Å². The van der Waals surface area contributed by atoms with Crippen LogP contribution >= 0.6 is 0 Å². The van der Waals surface area contributed by atoms with Gasteiger partial charge in [-0.05, 0) is 37.8 Å². The van der Waals surface area contributed by atoms with Gasteiger partial charge in [-0.3, -0.25) is 4.79 Å². The number of hydrogen-bond acceptors (Lipinski definition) is 2. The lowest BCUT2D eigenvalue weighted by atomic mass is 9.73.